The van der Waals surface area contributed by atoms with Crippen molar-refractivity contribution >= 4 is 5.78 Å². The highest BCUT2D eigenvalue weighted by Crippen LogP contribution is 2.31. The molecule has 0 amide bonds. The van der Waals surface area contributed by atoms with Crippen molar-refractivity contribution in [2.24, 2.45) is 0 Å². The molecule has 3 rings (SSSR count). The van der Waals surface area contributed by atoms with Crippen molar-refractivity contribution in [3.05, 3.63) is 65.2 Å². The van der Waals surface area contributed by atoms with Crippen molar-refractivity contribution in [1.82, 2.24) is 0 Å². The predicted molar refractivity (Wildman–Crippen MR) is 80.8 cm³/mol. The zero-order valence-electron chi connectivity index (χ0n) is 12.0. The Hall–Kier alpha value is -2.13. The van der Waals surface area contributed by atoms with Gasteiger partial charge >= 0.3 is 0 Å². The molecule has 1 unspecified atom stereocenters. The fraction of sp³-hybridized carbons (Fsp3) is 0.278. The number of fused-ring (bicyclic) bond motifs is 1. The third-order valence-electron chi connectivity index (χ3n) is 3.87. The van der Waals surface area contributed by atoms with Gasteiger partial charge in [0.25, 0.3) is 0 Å². The molecule has 2 aromatic rings. The molecule has 0 radical (unpaired) electrons. The SMILES string of the molecule is COc1ccccc1C(=O)CC1OCCc2ccccc21. The number of ketones is 1. The molecule has 3 heteroatoms. The molecule has 3 nitrogen and oxygen atoms in total. The third-order valence-corrected chi connectivity index (χ3v) is 3.87. The summed E-state index contributed by atoms with van der Waals surface area (Å²) in [5, 5.41) is 0. The molecule has 0 bridgehead atoms. The molecule has 2 aromatic carbocycles. The van der Waals surface area contributed by atoms with Crippen LogP contribution < -0.4 is 4.74 Å². The second-order valence-electron chi connectivity index (χ2n) is 5.14. The van der Waals surface area contributed by atoms with Crippen LogP contribution in [0, 0.1) is 0 Å². The van der Waals surface area contributed by atoms with Crippen LogP contribution in [0.15, 0.2) is 48.5 Å². The minimum absolute atomic E-state index is 0.0501. The Kier molecular flexibility index (Phi) is 4.02. The molecular weight excluding hydrogens is 264 g/mol. The summed E-state index contributed by atoms with van der Waals surface area (Å²) >= 11 is 0. The molecule has 1 aliphatic rings. The Balaban J connectivity index is 1.83. The molecule has 1 aliphatic heterocycles. The summed E-state index contributed by atoms with van der Waals surface area (Å²) in [6.07, 6.45) is 1.10. The number of rotatable bonds is 4. The van der Waals surface area contributed by atoms with Crippen molar-refractivity contribution in [1.29, 1.82) is 0 Å². The summed E-state index contributed by atoms with van der Waals surface area (Å²) in [7, 11) is 1.58. The zero-order valence-corrected chi connectivity index (χ0v) is 12.0. The number of methoxy groups -OCH3 is 1. The monoisotopic (exact) mass is 282 g/mol. The van der Waals surface area contributed by atoms with Gasteiger partial charge in [-0.3, -0.25) is 4.79 Å². The van der Waals surface area contributed by atoms with E-state index in [9.17, 15) is 4.79 Å². The van der Waals surface area contributed by atoms with E-state index in [1.165, 1.54) is 5.56 Å². The van der Waals surface area contributed by atoms with E-state index in [0.29, 0.717) is 24.3 Å². The van der Waals surface area contributed by atoms with Crippen molar-refractivity contribution in [3.8, 4) is 5.75 Å². The van der Waals surface area contributed by atoms with E-state index < -0.39 is 0 Å². The van der Waals surface area contributed by atoms with Crippen molar-refractivity contribution in [2.45, 2.75) is 18.9 Å². The Morgan fingerprint density at radius 3 is 2.81 bits per heavy atom. The fourth-order valence-electron chi connectivity index (χ4n) is 2.80. The fourth-order valence-corrected chi connectivity index (χ4v) is 2.80. The van der Waals surface area contributed by atoms with E-state index in [4.69, 9.17) is 9.47 Å². The maximum Gasteiger partial charge on any atom is 0.169 e. The topological polar surface area (TPSA) is 35.5 Å². The van der Waals surface area contributed by atoms with E-state index in [1.807, 2.05) is 30.3 Å². The molecule has 0 N–H and O–H groups in total. The van der Waals surface area contributed by atoms with Gasteiger partial charge < -0.3 is 9.47 Å². The molecule has 1 heterocycles. The number of hydrogen-bond acceptors (Lipinski definition) is 3. The van der Waals surface area contributed by atoms with Gasteiger partial charge in [0, 0.05) is 6.42 Å². The maximum atomic E-state index is 12.5. The average molecular weight is 282 g/mol. The first-order chi connectivity index (χ1) is 10.3. The van der Waals surface area contributed by atoms with Crippen LogP contribution in [0.5, 0.6) is 5.75 Å². The lowest BCUT2D eigenvalue weighted by Gasteiger charge is -2.25. The van der Waals surface area contributed by atoms with E-state index in [1.54, 1.807) is 13.2 Å². The molecule has 0 aromatic heterocycles. The number of carbonyl (C=O) groups is 1. The molecular formula is C18H18O3. The lowest BCUT2D eigenvalue weighted by atomic mass is 9.93. The standard InChI is InChI=1S/C18H18O3/c1-20-17-9-5-4-8-15(17)16(19)12-18-14-7-3-2-6-13(14)10-11-21-18/h2-9,18H,10-12H2,1H3. The van der Waals surface area contributed by atoms with Gasteiger partial charge in [-0.25, -0.2) is 0 Å². The number of ether oxygens (including phenoxy) is 2. The van der Waals surface area contributed by atoms with Crippen LogP contribution in [-0.4, -0.2) is 19.5 Å². The lowest BCUT2D eigenvalue weighted by Crippen LogP contribution is -2.19. The van der Waals surface area contributed by atoms with Gasteiger partial charge in [0.15, 0.2) is 5.78 Å². The quantitative estimate of drug-likeness (QED) is 0.804. The molecule has 0 spiro atoms. The van der Waals surface area contributed by atoms with E-state index in [2.05, 4.69) is 12.1 Å². The summed E-state index contributed by atoms with van der Waals surface area (Å²) in [5.41, 5.74) is 3.03. The first-order valence-corrected chi connectivity index (χ1v) is 7.15. The second-order valence-corrected chi connectivity index (χ2v) is 5.14. The van der Waals surface area contributed by atoms with Gasteiger partial charge in [-0.2, -0.15) is 0 Å². The Bertz CT molecular complexity index is 648. The van der Waals surface area contributed by atoms with Crippen LogP contribution in [0.3, 0.4) is 0 Å². The highest BCUT2D eigenvalue weighted by atomic mass is 16.5. The highest BCUT2D eigenvalue weighted by molar-refractivity contribution is 5.99. The number of para-hydroxylation sites is 1. The van der Waals surface area contributed by atoms with E-state index in [-0.39, 0.29) is 11.9 Å². The van der Waals surface area contributed by atoms with E-state index >= 15 is 0 Å². The normalized spacial score (nSPS) is 17.1. The Morgan fingerprint density at radius 2 is 1.95 bits per heavy atom. The minimum Gasteiger partial charge on any atom is -0.496 e. The molecule has 0 saturated heterocycles. The number of carbonyl (C=O) groups excluding carboxylic acids is 1. The third kappa shape index (κ3) is 2.83. The first-order valence-electron chi connectivity index (χ1n) is 7.15. The highest BCUT2D eigenvalue weighted by Gasteiger charge is 2.24. The number of hydrogen-bond donors (Lipinski definition) is 0. The predicted octanol–water partition coefficient (Wildman–Crippen LogP) is 3.58. The summed E-state index contributed by atoms with van der Waals surface area (Å²) in [4.78, 5) is 12.5. The smallest absolute Gasteiger partial charge is 0.169 e. The number of benzene rings is 2. The van der Waals surface area contributed by atoms with Gasteiger partial charge in [-0.15, -0.1) is 0 Å². The Morgan fingerprint density at radius 1 is 1.19 bits per heavy atom. The van der Waals surface area contributed by atoms with Crippen LogP contribution in [0.25, 0.3) is 0 Å². The van der Waals surface area contributed by atoms with Crippen molar-refractivity contribution < 1.29 is 14.3 Å². The van der Waals surface area contributed by atoms with Crippen LogP contribution in [0.1, 0.15) is 34.0 Å². The van der Waals surface area contributed by atoms with Gasteiger partial charge in [0.05, 0.1) is 25.4 Å². The summed E-state index contributed by atoms with van der Waals surface area (Å²) in [6.45, 7) is 0.668. The number of Topliss-reactive ketones (excluding diaryl/α,β-unsaturated/α-hetero) is 1. The molecule has 0 aliphatic carbocycles. The molecule has 21 heavy (non-hydrogen) atoms. The average Bonchev–Trinajstić information content (AvgIpc) is 2.55. The van der Waals surface area contributed by atoms with Gasteiger partial charge in [0.2, 0.25) is 0 Å². The van der Waals surface area contributed by atoms with Crippen LogP contribution in [0.2, 0.25) is 0 Å². The Labute approximate surface area is 124 Å². The second kappa shape index (κ2) is 6.10. The first kappa shape index (κ1) is 13.8. The largest absolute Gasteiger partial charge is 0.496 e. The minimum atomic E-state index is -0.160. The summed E-state index contributed by atoms with van der Waals surface area (Å²) in [5.74, 6) is 0.667. The summed E-state index contributed by atoms with van der Waals surface area (Å²) in [6, 6.07) is 15.5. The van der Waals surface area contributed by atoms with E-state index in [0.717, 1.165) is 12.0 Å². The van der Waals surface area contributed by atoms with Crippen molar-refractivity contribution in [3.63, 3.8) is 0 Å². The maximum absolute atomic E-state index is 12.5. The van der Waals surface area contributed by atoms with Gasteiger partial charge in [0.1, 0.15) is 5.75 Å². The lowest BCUT2D eigenvalue weighted by molar-refractivity contribution is 0.0351. The van der Waals surface area contributed by atoms with Crippen molar-refractivity contribution in [2.75, 3.05) is 13.7 Å². The zero-order chi connectivity index (χ0) is 14.7. The van der Waals surface area contributed by atoms with Crippen LogP contribution in [0.4, 0.5) is 0 Å². The molecule has 0 fully saturated rings. The molecule has 0 saturated carbocycles. The van der Waals surface area contributed by atoms with Crippen LogP contribution in [-0.2, 0) is 11.2 Å². The van der Waals surface area contributed by atoms with Gasteiger partial charge in [-0.05, 0) is 29.7 Å². The molecule has 108 valence electrons. The summed E-state index contributed by atoms with van der Waals surface area (Å²) < 4.78 is 11.1. The van der Waals surface area contributed by atoms with Gasteiger partial charge in [-0.1, -0.05) is 36.4 Å². The van der Waals surface area contributed by atoms with Crippen LogP contribution >= 0.6 is 0 Å². The molecule has 1 atom stereocenters.